The van der Waals surface area contributed by atoms with Gasteiger partial charge in [0.2, 0.25) is 0 Å². The number of rotatable bonds is 1. The molecule has 126 valence electrons. The Morgan fingerprint density at radius 3 is 2.92 bits per heavy atom. The largest absolute Gasteiger partial charge is 0.481 e. The minimum atomic E-state index is -0.587. The Morgan fingerprint density at radius 1 is 1.17 bits per heavy atom. The summed E-state index contributed by atoms with van der Waals surface area (Å²) in [5.41, 5.74) is 2.56. The average Bonchev–Trinajstić information content (AvgIpc) is 3.13. The first kappa shape index (κ1) is 13.7. The Balaban J connectivity index is 1.67. The Morgan fingerprint density at radius 2 is 2.04 bits per heavy atom. The lowest BCUT2D eigenvalue weighted by Crippen LogP contribution is -2.76. The number of nitrogens with one attached hydrogen (secondary N) is 1. The normalized spacial score (nSPS) is 47.7. The van der Waals surface area contributed by atoms with Crippen LogP contribution in [-0.2, 0) is 10.2 Å². The van der Waals surface area contributed by atoms with Crippen LogP contribution < -0.4 is 5.32 Å². The van der Waals surface area contributed by atoms with Crippen molar-refractivity contribution < 1.29 is 9.90 Å². The van der Waals surface area contributed by atoms with Crippen molar-refractivity contribution in [2.75, 3.05) is 18.4 Å². The second kappa shape index (κ2) is 3.98. The van der Waals surface area contributed by atoms with Crippen molar-refractivity contribution in [1.29, 1.82) is 0 Å². The van der Waals surface area contributed by atoms with E-state index >= 15 is 0 Å². The van der Waals surface area contributed by atoms with Crippen molar-refractivity contribution >= 4 is 11.7 Å². The maximum atomic E-state index is 12.3. The van der Waals surface area contributed by atoms with Crippen LogP contribution in [0.3, 0.4) is 0 Å². The minimum absolute atomic E-state index is 0.00354. The first-order chi connectivity index (χ1) is 11.6. The molecule has 5 atom stereocenters. The van der Waals surface area contributed by atoms with Crippen LogP contribution in [0.5, 0.6) is 0 Å². The summed E-state index contributed by atoms with van der Waals surface area (Å²) in [6, 6.07) is 9.22. The average molecular weight is 324 g/mol. The first-order valence-electron chi connectivity index (χ1n) is 9.48. The van der Waals surface area contributed by atoms with Gasteiger partial charge < -0.3 is 10.4 Å². The van der Waals surface area contributed by atoms with Crippen LogP contribution in [0.15, 0.2) is 24.3 Å². The predicted molar refractivity (Wildman–Crippen MR) is 91.1 cm³/mol. The molecule has 3 heterocycles. The lowest BCUT2D eigenvalue weighted by molar-refractivity contribution is -0.168. The van der Waals surface area contributed by atoms with E-state index in [0.717, 1.165) is 25.8 Å². The van der Waals surface area contributed by atoms with Crippen molar-refractivity contribution in [3.05, 3.63) is 29.8 Å². The molecule has 7 rings (SSSR count). The molecule has 0 aromatic heterocycles. The third kappa shape index (κ3) is 1.20. The van der Waals surface area contributed by atoms with Gasteiger partial charge in [0, 0.05) is 17.1 Å². The second-order valence-electron chi connectivity index (χ2n) is 8.86. The van der Waals surface area contributed by atoms with Gasteiger partial charge in [0.15, 0.2) is 0 Å². The first-order valence-corrected chi connectivity index (χ1v) is 9.48. The van der Waals surface area contributed by atoms with E-state index < -0.39 is 5.97 Å². The number of carboxylic acids is 1. The fourth-order valence-corrected chi connectivity index (χ4v) is 7.90. The van der Waals surface area contributed by atoms with E-state index in [1.807, 2.05) is 0 Å². The van der Waals surface area contributed by atoms with Crippen LogP contribution >= 0.6 is 0 Å². The van der Waals surface area contributed by atoms with Gasteiger partial charge >= 0.3 is 5.97 Å². The molecule has 4 nitrogen and oxygen atoms in total. The Kier molecular flexibility index (Phi) is 2.28. The number of carboxylic acid groups (broad SMARTS) is 1. The highest BCUT2D eigenvalue weighted by Gasteiger charge is 2.78. The third-order valence-electron chi connectivity index (χ3n) is 8.41. The van der Waals surface area contributed by atoms with E-state index in [0.29, 0.717) is 6.04 Å². The SMILES string of the molecule is O=C(O)[C@@H]1C[C@@]23CCCN4CC[C@@]5(c6ccccc6N[C@]15CC2)[C@@H]43. The predicted octanol–water partition coefficient (Wildman–Crippen LogP) is 2.84. The van der Waals surface area contributed by atoms with Crippen molar-refractivity contribution in [2.24, 2.45) is 11.3 Å². The van der Waals surface area contributed by atoms with Gasteiger partial charge in [0.05, 0.1) is 11.5 Å². The van der Waals surface area contributed by atoms with Crippen molar-refractivity contribution in [1.82, 2.24) is 4.90 Å². The summed E-state index contributed by atoms with van der Waals surface area (Å²) in [5, 5.41) is 13.9. The molecule has 2 N–H and O–H groups in total. The summed E-state index contributed by atoms with van der Waals surface area (Å²) in [7, 11) is 0. The summed E-state index contributed by atoms with van der Waals surface area (Å²) in [4.78, 5) is 15.0. The smallest absolute Gasteiger partial charge is 0.308 e. The standard InChI is InChI=1S/C20H24N2O2/c23-16(24)14-12-18-6-3-10-22-11-9-19(17(18)22)13-4-1-2-5-15(13)21-20(14,19)8-7-18/h1-2,4-5,14,17,21H,3,6-12H2,(H,23,24)/t14-,17-,18+,19+,20+/m0/s1. The van der Waals surface area contributed by atoms with Crippen molar-refractivity contribution in [2.45, 2.75) is 55.5 Å². The van der Waals surface area contributed by atoms with E-state index in [9.17, 15) is 9.90 Å². The number of nitrogens with zero attached hydrogens (tertiary/aromatic N) is 1. The molecule has 2 saturated heterocycles. The maximum Gasteiger partial charge on any atom is 0.308 e. The molecule has 3 aliphatic heterocycles. The van der Waals surface area contributed by atoms with Gasteiger partial charge in [-0.15, -0.1) is 0 Å². The second-order valence-corrected chi connectivity index (χ2v) is 8.86. The van der Waals surface area contributed by atoms with E-state index in [1.54, 1.807) is 0 Å². The number of carbonyl (C=O) groups is 1. The van der Waals surface area contributed by atoms with Gasteiger partial charge in [-0.1, -0.05) is 18.2 Å². The van der Waals surface area contributed by atoms with Crippen molar-refractivity contribution in [3.63, 3.8) is 0 Å². The lowest BCUT2D eigenvalue weighted by Gasteiger charge is -2.68. The van der Waals surface area contributed by atoms with Gasteiger partial charge in [-0.3, -0.25) is 9.69 Å². The fraction of sp³-hybridized carbons (Fsp3) is 0.650. The molecule has 5 fully saturated rings. The van der Waals surface area contributed by atoms with Crippen LogP contribution in [-0.4, -0.2) is 40.6 Å². The fourth-order valence-electron chi connectivity index (χ4n) is 7.90. The third-order valence-corrected chi connectivity index (χ3v) is 8.41. The molecule has 3 saturated carbocycles. The topological polar surface area (TPSA) is 52.6 Å². The Labute approximate surface area is 142 Å². The van der Waals surface area contributed by atoms with Crippen LogP contribution in [0.4, 0.5) is 5.69 Å². The Hall–Kier alpha value is -1.55. The maximum absolute atomic E-state index is 12.3. The number of fused-ring (bicyclic) bond motifs is 3. The molecule has 0 amide bonds. The molecule has 3 aliphatic carbocycles. The minimum Gasteiger partial charge on any atom is -0.481 e. The molecule has 0 radical (unpaired) electrons. The Bertz CT molecular complexity index is 764. The van der Waals surface area contributed by atoms with Crippen LogP contribution in [0.25, 0.3) is 0 Å². The van der Waals surface area contributed by atoms with Gasteiger partial charge in [0.1, 0.15) is 0 Å². The molecule has 24 heavy (non-hydrogen) atoms. The summed E-state index contributed by atoms with van der Waals surface area (Å²) in [5.74, 6) is -0.843. The van der Waals surface area contributed by atoms with Crippen LogP contribution in [0.1, 0.15) is 44.1 Å². The van der Waals surface area contributed by atoms with Gasteiger partial charge in [-0.25, -0.2) is 0 Å². The zero-order chi connectivity index (χ0) is 16.2. The van der Waals surface area contributed by atoms with E-state index in [4.69, 9.17) is 0 Å². The molecule has 3 spiro atoms. The van der Waals surface area contributed by atoms with Crippen molar-refractivity contribution in [3.8, 4) is 0 Å². The summed E-state index contributed by atoms with van der Waals surface area (Å²) in [6.45, 7) is 2.33. The lowest BCUT2D eigenvalue weighted by atomic mass is 9.39. The highest BCUT2D eigenvalue weighted by atomic mass is 16.4. The van der Waals surface area contributed by atoms with Gasteiger partial charge in [-0.05, 0) is 68.7 Å². The summed E-state index contributed by atoms with van der Waals surface area (Å²) in [6.07, 6.45) is 6.65. The number of hydrogen-bond donors (Lipinski definition) is 2. The highest BCUT2D eigenvalue weighted by molar-refractivity contribution is 5.79. The van der Waals surface area contributed by atoms with Gasteiger partial charge in [-0.2, -0.15) is 0 Å². The molecular formula is C20H24N2O2. The number of piperidine rings is 1. The molecule has 6 aliphatic rings. The number of anilines is 1. The number of aliphatic carboxylic acids is 1. The molecule has 0 unspecified atom stereocenters. The van der Waals surface area contributed by atoms with E-state index in [1.165, 1.54) is 37.1 Å². The van der Waals surface area contributed by atoms with Crippen LogP contribution in [0, 0.1) is 11.3 Å². The summed E-state index contributed by atoms with van der Waals surface area (Å²) < 4.78 is 0. The molecule has 2 bridgehead atoms. The molecule has 1 aromatic carbocycles. The molecular weight excluding hydrogens is 300 g/mol. The van der Waals surface area contributed by atoms with E-state index in [2.05, 4.69) is 34.5 Å². The van der Waals surface area contributed by atoms with E-state index in [-0.39, 0.29) is 22.3 Å². The van der Waals surface area contributed by atoms with Gasteiger partial charge in [0.25, 0.3) is 0 Å². The monoisotopic (exact) mass is 324 g/mol. The quantitative estimate of drug-likeness (QED) is 0.834. The van der Waals surface area contributed by atoms with Crippen LogP contribution in [0.2, 0.25) is 0 Å². The number of hydrogen-bond acceptors (Lipinski definition) is 3. The molecule has 4 heteroatoms. The zero-order valence-electron chi connectivity index (χ0n) is 13.9. The molecule has 1 aromatic rings. The summed E-state index contributed by atoms with van der Waals surface area (Å²) >= 11 is 0. The zero-order valence-corrected chi connectivity index (χ0v) is 13.9. The highest BCUT2D eigenvalue weighted by Crippen LogP contribution is 2.74. The number of benzene rings is 1. The number of para-hydroxylation sites is 1.